The first-order valence-electron chi connectivity index (χ1n) is 10.2. The van der Waals surface area contributed by atoms with Crippen LogP contribution in [-0.4, -0.2) is 17.1 Å². The Hall–Kier alpha value is -1.12. The largest absolute Gasteiger partial charge is 0.480 e. The summed E-state index contributed by atoms with van der Waals surface area (Å²) in [5.41, 5.74) is 1.15. The molecule has 3 heteroatoms. The molecule has 0 aliphatic carbocycles. The molecule has 0 radical (unpaired) electrons. The van der Waals surface area contributed by atoms with Gasteiger partial charge in [0, 0.05) is 5.92 Å². The first kappa shape index (κ1) is 20.9. The minimum atomic E-state index is 0.566. The van der Waals surface area contributed by atoms with Crippen molar-refractivity contribution in [1.82, 2.24) is 9.97 Å². The van der Waals surface area contributed by atoms with Gasteiger partial charge in [0.25, 0.3) is 0 Å². The van der Waals surface area contributed by atoms with Gasteiger partial charge in [-0.05, 0) is 12.8 Å². The number of rotatable bonds is 15. The van der Waals surface area contributed by atoms with E-state index in [2.05, 4.69) is 23.8 Å². The van der Waals surface area contributed by atoms with E-state index >= 15 is 0 Å². The van der Waals surface area contributed by atoms with Crippen LogP contribution in [-0.2, 0) is 0 Å². The van der Waals surface area contributed by atoms with Gasteiger partial charge in [-0.3, -0.25) is 4.98 Å². The van der Waals surface area contributed by atoms with Crippen molar-refractivity contribution in [3.8, 4) is 5.88 Å². The fourth-order valence-electron chi connectivity index (χ4n) is 3.25. The molecule has 0 fully saturated rings. The summed E-state index contributed by atoms with van der Waals surface area (Å²) in [5.74, 6) is 1.18. The third-order valence-electron chi connectivity index (χ3n) is 4.84. The van der Waals surface area contributed by atoms with Crippen LogP contribution in [0, 0.1) is 0 Å². The molecule has 3 nitrogen and oxygen atoms in total. The first-order chi connectivity index (χ1) is 11.8. The lowest BCUT2D eigenvalue weighted by Gasteiger charge is -2.16. The maximum atomic E-state index is 5.14. The summed E-state index contributed by atoms with van der Waals surface area (Å²) in [6, 6.07) is 0. The van der Waals surface area contributed by atoms with Crippen molar-refractivity contribution in [1.29, 1.82) is 0 Å². The van der Waals surface area contributed by atoms with Gasteiger partial charge in [-0.15, -0.1) is 0 Å². The van der Waals surface area contributed by atoms with E-state index in [-0.39, 0.29) is 0 Å². The smallest absolute Gasteiger partial charge is 0.231 e. The minimum absolute atomic E-state index is 0.566. The maximum absolute atomic E-state index is 5.14. The molecule has 0 aromatic carbocycles. The van der Waals surface area contributed by atoms with Gasteiger partial charge in [-0.2, -0.15) is 0 Å². The van der Waals surface area contributed by atoms with Gasteiger partial charge < -0.3 is 4.74 Å². The molecular weight excluding hydrogens is 296 g/mol. The Bertz CT molecular complexity index is 391. The SMILES string of the molecule is CCCCCCCCC(CCCCCCC)c1cnc(OC)cn1. The lowest BCUT2D eigenvalue weighted by Crippen LogP contribution is -2.04. The number of hydrogen-bond acceptors (Lipinski definition) is 3. The van der Waals surface area contributed by atoms with Gasteiger partial charge in [0.05, 0.1) is 25.2 Å². The number of unbranched alkanes of at least 4 members (excludes halogenated alkanes) is 9. The molecule has 0 saturated carbocycles. The fourth-order valence-corrected chi connectivity index (χ4v) is 3.25. The topological polar surface area (TPSA) is 35.0 Å². The lowest BCUT2D eigenvalue weighted by atomic mass is 9.91. The number of methoxy groups -OCH3 is 1. The van der Waals surface area contributed by atoms with E-state index in [1.54, 1.807) is 13.3 Å². The molecule has 1 aromatic rings. The van der Waals surface area contributed by atoms with Gasteiger partial charge >= 0.3 is 0 Å². The van der Waals surface area contributed by atoms with Crippen molar-refractivity contribution >= 4 is 0 Å². The van der Waals surface area contributed by atoms with Gasteiger partial charge in [0.15, 0.2) is 0 Å². The molecule has 0 saturated heterocycles. The van der Waals surface area contributed by atoms with Gasteiger partial charge in [0.2, 0.25) is 5.88 Å². The maximum Gasteiger partial charge on any atom is 0.231 e. The van der Waals surface area contributed by atoms with Crippen LogP contribution in [0.25, 0.3) is 0 Å². The van der Waals surface area contributed by atoms with E-state index < -0.39 is 0 Å². The zero-order valence-corrected chi connectivity index (χ0v) is 16.2. The molecule has 1 heterocycles. The number of ether oxygens (including phenoxy) is 1. The van der Waals surface area contributed by atoms with E-state index in [1.165, 1.54) is 83.5 Å². The molecule has 0 aliphatic rings. The molecule has 1 rings (SSSR count). The van der Waals surface area contributed by atoms with E-state index in [1.807, 2.05) is 6.20 Å². The van der Waals surface area contributed by atoms with Crippen LogP contribution in [0.3, 0.4) is 0 Å². The van der Waals surface area contributed by atoms with Crippen LogP contribution in [0.1, 0.15) is 109 Å². The van der Waals surface area contributed by atoms with Gasteiger partial charge in [-0.25, -0.2) is 4.98 Å². The predicted molar refractivity (Wildman–Crippen MR) is 103 cm³/mol. The van der Waals surface area contributed by atoms with Crippen molar-refractivity contribution in [2.24, 2.45) is 0 Å². The number of hydrogen-bond donors (Lipinski definition) is 0. The average Bonchev–Trinajstić information content (AvgIpc) is 2.62. The normalized spacial score (nSPS) is 12.3. The predicted octanol–water partition coefficient (Wildman–Crippen LogP) is 6.68. The minimum Gasteiger partial charge on any atom is -0.480 e. The summed E-state index contributed by atoms with van der Waals surface area (Å²) in [6.07, 6.45) is 21.0. The molecule has 24 heavy (non-hydrogen) atoms. The Balaban J connectivity index is 2.42. The van der Waals surface area contributed by atoms with Crippen LogP contribution in [0.5, 0.6) is 5.88 Å². The molecule has 1 unspecified atom stereocenters. The van der Waals surface area contributed by atoms with Crippen molar-refractivity contribution in [2.45, 2.75) is 103 Å². The number of nitrogens with zero attached hydrogens (tertiary/aromatic N) is 2. The van der Waals surface area contributed by atoms with E-state index in [9.17, 15) is 0 Å². The second-order valence-electron chi connectivity index (χ2n) is 6.94. The molecule has 0 N–H and O–H groups in total. The summed E-state index contributed by atoms with van der Waals surface area (Å²) in [5, 5.41) is 0. The molecule has 0 spiro atoms. The summed E-state index contributed by atoms with van der Waals surface area (Å²) < 4.78 is 5.14. The summed E-state index contributed by atoms with van der Waals surface area (Å²) >= 11 is 0. The van der Waals surface area contributed by atoms with Crippen LogP contribution in [0.2, 0.25) is 0 Å². The van der Waals surface area contributed by atoms with E-state index in [0.717, 1.165) is 5.69 Å². The second kappa shape index (κ2) is 14.2. The summed E-state index contributed by atoms with van der Waals surface area (Å²) in [4.78, 5) is 8.97. The van der Waals surface area contributed by atoms with Crippen LogP contribution in [0.4, 0.5) is 0 Å². The van der Waals surface area contributed by atoms with Crippen LogP contribution in [0.15, 0.2) is 12.4 Å². The van der Waals surface area contributed by atoms with Crippen LogP contribution >= 0.6 is 0 Å². The molecule has 138 valence electrons. The zero-order chi connectivity index (χ0) is 17.5. The molecular formula is C21H38N2O. The monoisotopic (exact) mass is 334 g/mol. The highest BCUT2D eigenvalue weighted by molar-refractivity contribution is 5.10. The quantitative estimate of drug-likeness (QED) is 0.335. The highest BCUT2D eigenvalue weighted by Crippen LogP contribution is 2.27. The molecule has 0 aliphatic heterocycles. The fraction of sp³-hybridized carbons (Fsp3) is 0.810. The standard InChI is InChI=1S/C21H38N2O/c1-4-6-8-10-12-14-16-19(15-13-11-9-7-5-2)20-17-23-21(24-3)18-22-20/h17-19H,4-16H2,1-3H3. The zero-order valence-electron chi connectivity index (χ0n) is 16.2. The highest BCUT2D eigenvalue weighted by Gasteiger charge is 2.13. The molecule has 0 amide bonds. The Kier molecular flexibility index (Phi) is 12.4. The van der Waals surface area contributed by atoms with Gasteiger partial charge in [-0.1, -0.05) is 84.5 Å². The molecule has 1 atom stereocenters. The average molecular weight is 335 g/mol. The Morgan fingerprint density at radius 2 is 1.29 bits per heavy atom. The van der Waals surface area contributed by atoms with E-state index in [4.69, 9.17) is 4.74 Å². The Labute approximate surface area is 149 Å². The number of aromatic nitrogens is 2. The van der Waals surface area contributed by atoms with Crippen molar-refractivity contribution in [3.63, 3.8) is 0 Å². The van der Waals surface area contributed by atoms with E-state index in [0.29, 0.717) is 11.8 Å². The van der Waals surface area contributed by atoms with Crippen molar-refractivity contribution < 1.29 is 4.74 Å². The third kappa shape index (κ3) is 9.24. The van der Waals surface area contributed by atoms with Gasteiger partial charge in [0.1, 0.15) is 0 Å². The van der Waals surface area contributed by atoms with Crippen LogP contribution < -0.4 is 4.74 Å². The second-order valence-corrected chi connectivity index (χ2v) is 6.94. The summed E-state index contributed by atoms with van der Waals surface area (Å²) in [7, 11) is 1.64. The lowest BCUT2D eigenvalue weighted by molar-refractivity contribution is 0.393. The van der Waals surface area contributed by atoms with Crippen molar-refractivity contribution in [3.05, 3.63) is 18.1 Å². The first-order valence-corrected chi connectivity index (χ1v) is 10.2. The Morgan fingerprint density at radius 3 is 1.75 bits per heavy atom. The summed E-state index contributed by atoms with van der Waals surface area (Å²) in [6.45, 7) is 4.55. The molecule has 1 aromatic heterocycles. The van der Waals surface area contributed by atoms with Crippen molar-refractivity contribution in [2.75, 3.05) is 7.11 Å². The Morgan fingerprint density at radius 1 is 0.750 bits per heavy atom. The molecule has 0 bridgehead atoms. The highest BCUT2D eigenvalue weighted by atomic mass is 16.5. The third-order valence-corrected chi connectivity index (χ3v) is 4.84.